The van der Waals surface area contributed by atoms with Gasteiger partial charge in [-0.15, -0.1) is 12.4 Å². The van der Waals surface area contributed by atoms with E-state index in [9.17, 15) is 4.79 Å². The molecule has 1 amide bonds. The Morgan fingerprint density at radius 3 is 2.71 bits per heavy atom. The van der Waals surface area contributed by atoms with E-state index < -0.39 is 0 Å². The first-order chi connectivity index (χ1) is 9.79. The quantitative estimate of drug-likeness (QED) is 0.847. The minimum Gasteiger partial charge on any atom is -0.352 e. The monoisotopic (exact) mass is 310 g/mol. The summed E-state index contributed by atoms with van der Waals surface area (Å²) in [5, 5.41) is 6.44. The lowest BCUT2D eigenvalue weighted by atomic mass is 9.96. The molecule has 0 aliphatic carbocycles. The van der Waals surface area contributed by atoms with Gasteiger partial charge in [0.2, 0.25) is 0 Å². The Morgan fingerprint density at radius 2 is 2.10 bits per heavy atom. The Hall–Kier alpha value is -1.06. The molecule has 0 saturated carbocycles. The van der Waals surface area contributed by atoms with E-state index in [4.69, 9.17) is 0 Å². The smallest absolute Gasteiger partial charge is 0.251 e. The largest absolute Gasteiger partial charge is 0.352 e. The lowest BCUT2D eigenvalue weighted by molar-refractivity contribution is 0.0950. The molecule has 1 aliphatic rings. The molecule has 1 aromatic carbocycles. The second kappa shape index (κ2) is 9.80. The molecule has 1 atom stereocenters. The van der Waals surface area contributed by atoms with E-state index in [0.29, 0.717) is 0 Å². The molecule has 4 heteroatoms. The summed E-state index contributed by atoms with van der Waals surface area (Å²) in [6.45, 7) is 5.19. The Bertz CT molecular complexity index is 413. The predicted octanol–water partition coefficient (Wildman–Crippen LogP) is 3.18. The second-order valence-corrected chi connectivity index (χ2v) is 5.70. The standard InChI is InChI=1S/C17H26N2O.ClH/c1-2-4-14-6-8-16(9-7-14)17(20)19-12-10-15-5-3-11-18-13-15;/h6-9,15,18H,2-5,10-13H2,1H3,(H,19,20);1H. The van der Waals surface area contributed by atoms with E-state index in [2.05, 4.69) is 29.7 Å². The van der Waals surface area contributed by atoms with E-state index in [1.807, 2.05) is 12.1 Å². The zero-order valence-corrected chi connectivity index (χ0v) is 13.7. The summed E-state index contributed by atoms with van der Waals surface area (Å²) in [6, 6.07) is 7.98. The summed E-state index contributed by atoms with van der Waals surface area (Å²) < 4.78 is 0. The summed E-state index contributed by atoms with van der Waals surface area (Å²) in [6.07, 6.45) is 5.84. The zero-order chi connectivity index (χ0) is 14.2. The van der Waals surface area contributed by atoms with Crippen molar-refractivity contribution in [2.24, 2.45) is 5.92 Å². The number of piperidine rings is 1. The summed E-state index contributed by atoms with van der Waals surface area (Å²) in [4.78, 5) is 12.0. The maximum absolute atomic E-state index is 12.0. The van der Waals surface area contributed by atoms with Gasteiger partial charge < -0.3 is 10.6 Å². The molecule has 1 aromatic rings. The number of nitrogens with one attached hydrogen (secondary N) is 2. The van der Waals surface area contributed by atoms with Gasteiger partial charge in [-0.3, -0.25) is 4.79 Å². The number of halogens is 1. The van der Waals surface area contributed by atoms with Crippen molar-refractivity contribution in [2.75, 3.05) is 19.6 Å². The van der Waals surface area contributed by atoms with Gasteiger partial charge in [-0.05, 0) is 62.4 Å². The molecule has 2 rings (SSSR count). The first kappa shape index (κ1) is 18.0. The highest BCUT2D eigenvalue weighted by molar-refractivity contribution is 5.94. The first-order valence-corrected chi connectivity index (χ1v) is 7.87. The van der Waals surface area contributed by atoms with Crippen molar-refractivity contribution in [3.05, 3.63) is 35.4 Å². The first-order valence-electron chi connectivity index (χ1n) is 7.87. The lowest BCUT2D eigenvalue weighted by Crippen LogP contribution is -2.33. The molecule has 0 aromatic heterocycles. The van der Waals surface area contributed by atoms with Crippen molar-refractivity contribution >= 4 is 18.3 Å². The second-order valence-electron chi connectivity index (χ2n) is 5.70. The third kappa shape index (κ3) is 6.06. The number of hydrogen-bond donors (Lipinski definition) is 2. The van der Waals surface area contributed by atoms with Crippen molar-refractivity contribution in [1.29, 1.82) is 0 Å². The van der Waals surface area contributed by atoms with Crippen LogP contribution in [0.1, 0.15) is 48.5 Å². The van der Waals surface area contributed by atoms with Crippen molar-refractivity contribution in [1.82, 2.24) is 10.6 Å². The van der Waals surface area contributed by atoms with Gasteiger partial charge in [0.1, 0.15) is 0 Å². The van der Waals surface area contributed by atoms with Gasteiger partial charge in [0, 0.05) is 12.1 Å². The lowest BCUT2D eigenvalue weighted by Gasteiger charge is -2.22. The third-order valence-corrected chi connectivity index (χ3v) is 3.99. The molecule has 2 N–H and O–H groups in total. The highest BCUT2D eigenvalue weighted by Crippen LogP contribution is 2.13. The number of aryl methyl sites for hydroxylation is 1. The van der Waals surface area contributed by atoms with Crippen LogP contribution in [-0.4, -0.2) is 25.5 Å². The summed E-state index contributed by atoms with van der Waals surface area (Å²) in [7, 11) is 0. The highest BCUT2D eigenvalue weighted by atomic mass is 35.5. The molecule has 0 radical (unpaired) electrons. The van der Waals surface area contributed by atoms with Gasteiger partial charge in [-0.25, -0.2) is 0 Å². The number of hydrogen-bond acceptors (Lipinski definition) is 2. The predicted molar refractivity (Wildman–Crippen MR) is 90.2 cm³/mol. The summed E-state index contributed by atoms with van der Waals surface area (Å²) in [5.74, 6) is 0.771. The van der Waals surface area contributed by atoms with E-state index in [-0.39, 0.29) is 18.3 Å². The number of carbonyl (C=O) groups excluding carboxylic acids is 1. The minimum absolute atomic E-state index is 0. The number of rotatable bonds is 6. The zero-order valence-electron chi connectivity index (χ0n) is 12.9. The Kier molecular flexibility index (Phi) is 8.40. The number of amides is 1. The van der Waals surface area contributed by atoms with E-state index in [1.165, 1.54) is 18.4 Å². The molecule has 1 aliphatic heterocycles. The van der Waals surface area contributed by atoms with Crippen molar-refractivity contribution in [3.63, 3.8) is 0 Å². The maximum atomic E-state index is 12.0. The molecule has 3 nitrogen and oxygen atoms in total. The normalized spacial score (nSPS) is 17.9. The third-order valence-electron chi connectivity index (χ3n) is 3.99. The van der Waals surface area contributed by atoms with Crippen LogP contribution >= 0.6 is 12.4 Å². The summed E-state index contributed by atoms with van der Waals surface area (Å²) in [5.41, 5.74) is 2.07. The van der Waals surface area contributed by atoms with E-state index in [0.717, 1.165) is 50.4 Å². The van der Waals surface area contributed by atoms with E-state index in [1.54, 1.807) is 0 Å². The molecule has 1 fully saturated rings. The van der Waals surface area contributed by atoms with Gasteiger partial charge in [0.15, 0.2) is 0 Å². The minimum atomic E-state index is 0. The molecule has 0 bridgehead atoms. The van der Waals surface area contributed by atoms with Crippen molar-refractivity contribution in [2.45, 2.75) is 39.0 Å². The van der Waals surface area contributed by atoms with Crippen LogP contribution in [0.5, 0.6) is 0 Å². The maximum Gasteiger partial charge on any atom is 0.251 e. The topological polar surface area (TPSA) is 41.1 Å². The molecule has 1 heterocycles. The van der Waals surface area contributed by atoms with Crippen LogP contribution in [0.2, 0.25) is 0 Å². The van der Waals surface area contributed by atoms with Crippen molar-refractivity contribution < 1.29 is 4.79 Å². The fourth-order valence-electron chi connectivity index (χ4n) is 2.77. The van der Waals surface area contributed by atoms with Crippen molar-refractivity contribution in [3.8, 4) is 0 Å². The molecule has 0 spiro atoms. The van der Waals surface area contributed by atoms with Gasteiger partial charge in [-0.1, -0.05) is 25.5 Å². The van der Waals surface area contributed by atoms with Crippen LogP contribution in [0.15, 0.2) is 24.3 Å². The summed E-state index contributed by atoms with van der Waals surface area (Å²) >= 11 is 0. The van der Waals surface area contributed by atoms with Gasteiger partial charge in [0.25, 0.3) is 5.91 Å². The van der Waals surface area contributed by atoms with Crippen LogP contribution in [0.25, 0.3) is 0 Å². The molecule has 21 heavy (non-hydrogen) atoms. The molecule has 1 unspecified atom stereocenters. The van der Waals surface area contributed by atoms with Crippen LogP contribution in [-0.2, 0) is 6.42 Å². The average molecular weight is 311 g/mol. The molecular weight excluding hydrogens is 284 g/mol. The van der Waals surface area contributed by atoms with Crippen LogP contribution in [0, 0.1) is 5.92 Å². The van der Waals surface area contributed by atoms with Crippen LogP contribution < -0.4 is 10.6 Å². The van der Waals surface area contributed by atoms with Crippen LogP contribution in [0.4, 0.5) is 0 Å². The van der Waals surface area contributed by atoms with Gasteiger partial charge in [-0.2, -0.15) is 0 Å². The Labute approximate surface area is 134 Å². The number of carbonyl (C=O) groups is 1. The Balaban J connectivity index is 0.00000220. The molecule has 1 saturated heterocycles. The SMILES string of the molecule is CCCc1ccc(C(=O)NCCC2CCCNC2)cc1.Cl. The van der Waals surface area contributed by atoms with Crippen LogP contribution in [0.3, 0.4) is 0 Å². The fourth-order valence-corrected chi connectivity index (χ4v) is 2.77. The van der Waals surface area contributed by atoms with E-state index >= 15 is 0 Å². The highest BCUT2D eigenvalue weighted by Gasteiger charge is 2.13. The molecule has 118 valence electrons. The van der Waals surface area contributed by atoms with Gasteiger partial charge >= 0.3 is 0 Å². The Morgan fingerprint density at radius 1 is 1.33 bits per heavy atom. The van der Waals surface area contributed by atoms with Gasteiger partial charge in [0.05, 0.1) is 0 Å². The fraction of sp³-hybridized carbons (Fsp3) is 0.588. The molecular formula is C17H27ClN2O. The number of benzene rings is 1. The average Bonchev–Trinajstić information content (AvgIpc) is 2.49.